The summed E-state index contributed by atoms with van der Waals surface area (Å²) in [7, 11) is 0. The van der Waals surface area contributed by atoms with Crippen LogP contribution in [0.5, 0.6) is 0 Å². The molecule has 8 rings (SSSR count). The number of benzene rings is 2. The van der Waals surface area contributed by atoms with Crippen molar-refractivity contribution < 1.29 is 18.9 Å². The summed E-state index contributed by atoms with van der Waals surface area (Å²) >= 11 is 0. The van der Waals surface area contributed by atoms with Crippen molar-refractivity contribution in [1.29, 1.82) is 0 Å². The van der Waals surface area contributed by atoms with Gasteiger partial charge in [0.1, 0.15) is 0 Å². The van der Waals surface area contributed by atoms with Crippen LogP contribution in [0.2, 0.25) is 0 Å². The van der Waals surface area contributed by atoms with Crippen LogP contribution in [-0.2, 0) is 31.8 Å². The van der Waals surface area contributed by atoms with Crippen molar-refractivity contribution in [1.82, 2.24) is 0 Å². The van der Waals surface area contributed by atoms with Crippen LogP contribution in [0.15, 0.2) is 54.6 Å². The first-order chi connectivity index (χ1) is 24.6. The SMILES string of the molecule is CCCc1ccc(C2=CCC(C3CCC4(CC3)OCCO4)CC2)cc1.CCCc1ccc(C2CCC(C3CCC4(CC3)OCCO4)CC2)cc1. The number of allylic oxidation sites excluding steroid dienone is 2. The van der Waals surface area contributed by atoms with Gasteiger partial charge in [-0.3, -0.25) is 0 Å². The maximum atomic E-state index is 5.90. The third kappa shape index (κ3) is 8.96. The predicted octanol–water partition coefficient (Wildman–Crippen LogP) is 11.6. The number of ether oxygens (including phenoxy) is 4. The molecule has 2 saturated heterocycles. The van der Waals surface area contributed by atoms with Crippen molar-refractivity contribution in [2.24, 2.45) is 23.7 Å². The second kappa shape index (κ2) is 17.2. The molecule has 0 N–H and O–H groups in total. The molecule has 5 fully saturated rings. The van der Waals surface area contributed by atoms with Gasteiger partial charge in [0.15, 0.2) is 11.6 Å². The highest BCUT2D eigenvalue weighted by Gasteiger charge is 2.43. The van der Waals surface area contributed by atoms with E-state index in [1.54, 1.807) is 11.1 Å². The maximum Gasteiger partial charge on any atom is 0.168 e. The topological polar surface area (TPSA) is 36.9 Å². The Kier molecular flexibility index (Phi) is 12.5. The number of hydrogen-bond donors (Lipinski definition) is 0. The Hall–Kier alpha value is -1.98. The molecule has 0 amide bonds. The molecule has 2 aliphatic heterocycles. The lowest BCUT2D eigenvalue weighted by Gasteiger charge is -2.41. The highest BCUT2D eigenvalue weighted by Crippen LogP contribution is 2.47. The summed E-state index contributed by atoms with van der Waals surface area (Å²) < 4.78 is 23.6. The van der Waals surface area contributed by atoms with Gasteiger partial charge in [-0.05, 0) is 141 Å². The minimum atomic E-state index is -0.202. The van der Waals surface area contributed by atoms with Crippen LogP contribution in [0.3, 0.4) is 0 Å². The molecule has 4 heteroatoms. The van der Waals surface area contributed by atoms with E-state index in [0.29, 0.717) is 0 Å². The zero-order chi connectivity index (χ0) is 34.2. The first-order valence-electron chi connectivity index (χ1n) is 21.0. The van der Waals surface area contributed by atoms with Crippen molar-refractivity contribution >= 4 is 5.57 Å². The monoisotopic (exact) mass is 682 g/mol. The molecular formula is C46H66O4. The molecule has 0 radical (unpaired) electrons. The number of aryl methyl sites for hydroxylation is 2. The summed E-state index contributed by atoms with van der Waals surface area (Å²) in [5, 5.41) is 0. The van der Waals surface area contributed by atoms with Gasteiger partial charge < -0.3 is 18.9 Å². The minimum Gasteiger partial charge on any atom is -0.348 e. The minimum absolute atomic E-state index is 0.187. The van der Waals surface area contributed by atoms with Crippen LogP contribution in [0, 0.1) is 23.7 Å². The van der Waals surface area contributed by atoms with Crippen molar-refractivity contribution in [3.63, 3.8) is 0 Å². The van der Waals surface area contributed by atoms with Crippen molar-refractivity contribution in [3.05, 3.63) is 76.9 Å². The van der Waals surface area contributed by atoms with E-state index in [2.05, 4.69) is 68.5 Å². The normalized spacial score (nSPS) is 29.4. The molecular weight excluding hydrogens is 617 g/mol. The van der Waals surface area contributed by atoms with E-state index in [1.165, 1.54) is 113 Å². The van der Waals surface area contributed by atoms with E-state index >= 15 is 0 Å². The van der Waals surface area contributed by atoms with E-state index in [1.807, 2.05) is 0 Å². The second-order valence-electron chi connectivity index (χ2n) is 16.7. The summed E-state index contributed by atoms with van der Waals surface area (Å²) in [4.78, 5) is 0. The Morgan fingerprint density at radius 1 is 0.520 bits per heavy atom. The molecule has 0 aromatic heterocycles. The van der Waals surface area contributed by atoms with Gasteiger partial charge in [-0.15, -0.1) is 0 Å². The average Bonchev–Trinajstić information content (AvgIpc) is 3.83. The highest BCUT2D eigenvalue weighted by atomic mass is 16.7. The first kappa shape index (κ1) is 36.4. The third-order valence-corrected chi connectivity index (χ3v) is 13.6. The molecule has 2 spiro atoms. The van der Waals surface area contributed by atoms with Crippen LogP contribution in [-0.4, -0.2) is 38.0 Å². The van der Waals surface area contributed by atoms with Gasteiger partial charge in [0.2, 0.25) is 0 Å². The molecule has 1 unspecified atom stereocenters. The smallest absolute Gasteiger partial charge is 0.168 e. The lowest BCUT2D eigenvalue weighted by Crippen LogP contribution is -2.37. The number of hydrogen-bond acceptors (Lipinski definition) is 4. The zero-order valence-corrected chi connectivity index (χ0v) is 31.5. The van der Waals surface area contributed by atoms with Crippen LogP contribution < -0.4 is 0 Å². The molecule has 2 heterocycles. The van der Waals surface area contributed by atoms with E-state index < -0.39 is 0 Å². The highest BCUT2D eigenvalue weighted by molar-refractivity contribution is 5.66. The van der Waals surface area contributed by atoms with E-state index in [4.69, 9.17) is 18.9 Å². The van der Waals surface area contributed by atoms with Gasteiger partial charge in [0.05, 0.1) is 26.4 Å². The summed E-state index contributed by atoms with van der Waals surface area (Å²) in [5.41, 5.74) is 7.54. The van der Waals surface area contributed by atoms with E-state index in [9.17, 15) is 0 Å². The van der Waals surface area contributed by atoms with Gasteiger partial charge in [-0.1, -0.05) is 81.3 Å². The largest absolute Gasteiger partial charge is 0.348 e. The molecule has 2 aromatic carbocycles. The fourth-order valence-corrected chi connectivity index (χ4v) is 10.6. The first-order valence-corrected chi connectivity index (χ1v) is 21.0. The van der Waals surface area contributed by atoms with Crippen LogP contribution in [0.25, 0.3) is 5.57 Å². The molecule has 1 atom stereocenters. The molecule has 4 aliphatic carbocycles. The van der Waals surface area contributed by atoms with Crippen molar-refractivity contribution in [2.75, 3.05) is 26.4 Å². The van der Waals surface area contributed by atoms with Crippen LogP contribution >= 0.6 is 0 Å². The van der Waals surface area contributed by atoms with Crippen LogP contribution in [0.4, 0.5) is 0 Å². The van der Waals surface area contributed by atoms with Crippen molar-refractivity contribution in [2.45, 2.75) is 153 Å². The summed E-state index contributed by atoms with van der Waals surface area (Å²) in [6, 6.07) is 18.8. The van der Waals surface area contributed by atoms with Gasteiger partial charge in [-0.2, -0.15) is 0 Å². The third-order valence-electron chi connectivity index (χ3n) is 13.6. The standard InChI is InChI=1S/C23H34O2.C23H32O2/c2*1-2-3-18-4-6-19(7-5-18)20-8-10-21(11-9-20)22-12-14-23(15-13-22)24-16-17-25-23/h4-7,20-22H,2-3,8-17H2,1H3;4-8,21-22H,2-3,9-17H2,1H3. The molecule has 3 saturated carbocycles. The maximum absolute atomic E-state index is 5.90. The van der Waals surface area contributed by atoms with E-state index in [-0.39, 0.29) is 11.6 Å². The lowest BCUT2D eigenvalue weighted by atomic mass is 9.69. The fraction of sp³-hybridized carbons (Fsp3) is 0.696. The average molecular weight is 683 g/mol. The molecule has 4 nitrogen and oxygen atoms in total. The van der Waals surface area contributed by atoms with Gasteiger partial charge in [0.25, 0.3) is 0 Å². The Morgan fingerprint density at radius 3 is 1.44 bits per heavy atom. The Labute approximate surface area is 304 Å². The summed E-state index contributed by atoms with van der Waals surface area (Å²) in [5.74, 6) is 3.98. The van der Waals surface area contributed by atoms with Crippen molar-refractivity contribution in [3.8, 4) is 0 Å². The fourth-order valence-electron chi connectivity index (χ4n) is 10.6. The zero-order valence-electron chi connectivity index (χ0n) is 31.5. The Morgan fingerprint density at radius 2 is 0.980 bits per heavy atom. The Balaban J connectivity index is 0.000000157. The quantitative estimate of drug-likeness (QED) is 0.278. The Bertz CT molecular complexity index is 1320. The number of rotatable bonds is 8. The second-order valence-corrected chi connectivity index (χ2v) is 16.7. The molecule has 0 bridgehead atoms. The molecule has 274 valence electrons. The van der Waals surface area contributed by atoms with Gasteiger partial charge >= 0.3 is 0 Å². The predicted molar refractivity (Wildman–Crippen MR) is 204 cm³/mol. The molecule has 6 aliphatic rings. The molecule has 2 aromatic rings. The van der Waals surface area contributed by atoms with Gasteiger partial charge in [0, 0.05) is 25.7 Å². The lowest BCUT2D eigenvalue weighted by molar-refractivity contribution is -0.185. The molecule has 50 heavy (non-hydrogen) atoms. The summed E-state index contributed by atoms with van der Waals surface area (Å²) in [6.07, 6.45) is 26.4. The summed E-state index contributed by atoms with van der Waals surface area (Å²) in [6.45, 7) is 7.68. The van der Waals surface area contributed by atoms with Crippen LogP contribution in [0.1, 0.15) is 151 Å². The van der Waals surface area contributed by atoms with E-state index in [0.717, 1.165) is 81.7 Å². The van der Waals surface area contributed by atoms with Gasteiger partial charge in [-0.25, -0.2) is 0 Å².